The first-order chi connectivity index (χ1) is 21.4. The van der Waals surface area contributed by atoms with Crippen LogP contribution in [0, 0.1) is 10.5 Å². The number of benzene rings is 4. The monoisotopic (exact) mass is 728 g/mol. The molecular weight excluding hydrogens is 703 g/mol. The molecule has 0 atom stereocenters. The maximum absolute atomic E-state index is 6.05. The number of aromatic nitrogens is 6. The average molecular weight is 729 g/mol. The van der Waals surface area contributed by atoms with Gasteiger partial charge in [0.2, 0.25) is 23.8 Å². The molecule has 0 saturated heterocycles. The Morgan fingerprint density at radius 3 is 1.45 bits per heavy atom. The summed E-state index contributed by atoms with van der Waals surface area (Å²) in [5.74, 6) is 2.01. The van der Waals surface area contributed by atoms with Crippen molar-refractivity contribution in [1.29, 1.82) is 0 Å². The highest BCUT2D eigenvalue weighted by molar-refractivity contribution is 14.1. The smallest absolute Gasteiger partial charge is 0.232 e. The maximum atomic E-state index is 6.05. The van der Waals surface area contributed by atoms with Crippen LogP contribution < -0.4 is 22.1 Å². The molecule has 0 fully saturated rings. The molecule has 2 aromatic heterocycles. The van der Waals surface area contributed by atoms with Crippen LogP contribution >= 0.6 is 44.2 Å². The zero-order valence-corrected chi connectivity index (χ0v) is 27.1. The number of halogens is 1. The summed E-state index contributed by atoms with van der Waals surface area (Å²) in [5, 5.41) is 6.65. The van der Waals surface area contributed by atoms with Crippen LogP contribution in [0.25, 0.3) is 22.8 Å². The standard InChI is InChI=1S/C31H25IN10S2/c1-18-10-12-19(13-11-18)26-37-28(33)41-30(39-26)35-22-6-2-4-8-24(22)43-44-25-9-5-3-7-23(25)36-31-40-27(38-29(34)42-31)20-14-16-21(32)17-15-20/h2-17H,1H3,(H3,33,35,37,39,41)(H3,34,36,38,40,42). The number of nitrogen functional groups attached to an aromatic ring is 2. The highest BCUT2D eigenvalue weighted by Gasteiger charge is 2.13. The van der Waals surface area contributed by atoms with Gasteiger partial charge in [0.25, 0.3) is 0 Å². The molecule has 0 aliphatic carbocycles. The predicted octanol–water partition coefficient (Wildman–Crippen LogP) is 7.75. The lowest BCUT2D eigenvalue weighted by atomic mass is 10.1. The van der Waals surface area contributed by atoms with Crippen molar-refractivity contribution in [1.82, 2.24) is 29.9 Å². The van der Waals surface area contributed by atoms with E-state index in [9.17, 15) is 0 Å². The van der Waals surface area contributed by atoms with Crippen LogP contribution in [0.2, 0.25) is 0 Å². The van der Waals surface area contributed by atoms with Crippen LogP contribution in [-0.2, 0) is 0 Å². The van der Waals surface area contributed by atoms with Gasteiger partial charge in [-0.05, 0) is 65.9 Å². The molecule has 4 aromatic carbocycles. The van der Waals surface area contributed by atoms with Gasteiger partial charge < -0.3 is 22.1 Å². The van der Waals surface area contributed by atoms with Crippen LogP contribution in [0.3, 0.4) is 0 Å². The SMILES string of the molecule is Cc1ccc(-c2nc(N)nc(Nc3ccccc3SSc3ccccc3Nc3nc(N)nc(-c4ccc(I)cc4)n3)n2)cc1. The van der Waals surface area contributed by atoms with Crippen molar-refractivity contribution in [3.8, 4) is 22.8 Å². The summed E-state index contributed by atoms with van der Waals surface area (Å²) in [6, 6.07) is 31.7. The van der Waals surface area contributed by atoms with Gasteiger partial charge in [-0.3, -0.25) is 0 Å². The van der Waals surface area contributed by atoms with E-state index in [0.717, 1.165) is 41.4 Å². The highest BCUT2D eigenvalue weighted by Crippen LogP contribution is 2.44. The Morgan fingerprint density at radius 1 is 0.545 bits per heavy atom. The molecular formula is C31H25IN10S2. The van der Waals surface area contributed by atoms with Crippen LogP contribution in [-0.4, -0.2) is 29.9 Å². The Morgan fingerprint density at radius 2 is 0.977 bits per heavy atom. The van der Waals surface area contributed by atoms with Crippen molar-refractivity contribution in [3.05, 3.63) is 106 Å². The Balaban J connectivity index is 1.20. The first kappa shape index (κ1) is 29.6. The number of hydrogen-bond acceptors (Lipinski definition) is 12. The van der Waals surface area contributed by atoms with Gasteiger partial charge in [0.05, 0.1) is 11.4 Å². The molecule has 0 saturated carbocycles. The van der Waals surface area contributed by atoms with E-state index in [4.69, 9.17) is 11.5 Å². The zero-order valence-electron chi connectivity index (χ0n) is 23.3. The molecule has 0 radical (unpaired) electrons. The fourth-order valence-electron chi connectivity index (χ4n) is 4.07. The fourth-order valence-corrected chi connectivity index (χ4v) is 6.71. The number of rotatable bonds is 9. The van der Waals surface area contributed by atoms with Crippen molar-refractivity contribution in [2.45, 2.75) is 16.7 Å². The number of nitrogens with one attached hydrogen (secondary N) is 2. The van der Waals surface area contributed by atoms with E-state index in [1.165, 1.54) is 0 Å². The van der Waals surface area contributed by atoms with Crippen LogP contribution in [0.1, 0.15) is 5.56 Å². The Kier molecular flexibility index (Phi) is 9.04. The molecule has 2 heterocycles. The van der Waals surface area contributed by atoms with E-state index in [1.54, 1.807) is 21.6 Å². The Bertz CT molecular complexity index is 1780. The van der Waals surface area contributed by atoms with Gasteiger partial charge in [0, 0.05) is 24.5 Å². The quantitative estimate of drug-likeness (QED) is 0.0850. The second-order valence-corrected chi connectivity index (χ2v) is 12.9. The molecule has 0 amide bonds. The summed E-state index contributed by atoms with van der Waals surface area (Å²) in [6.45, 7) is 2.03. The first-order valence-corrected chi connectivity index (χ1v) is 16.6. The van der Waals surface area contributed by atoms with Crippen molar-refractivity contribution in [2.24, 2.45) is 0 Å². The molecule has 0 spiro atoms. The van der Waals surface area contributed by atoms with Gasteiger partial charge in [-0.2, -0.15) is 29.9 Å². The van der Waals surface area contributed by atoms with Crippen molar-refractivity contribution < 1.29 is 0 Å². The normalized spacial score (nSPS) is 10.9. The maximum Gasteiger partial charge on any atom is 0.232 e. The van der Waals surface area contributed by atoms with Crippen LogP contribution in [0.5, 0.6) is 0 Å². The Hall–Kier alpha value is -4.47. The van der Waals surface area contributed by atoms with Gasteiger partial charge in [0.1, 0.15) is 0 Å². The summed E-state index contributed by atoms with van der Waals surface area (Å²) in [5.41, 5.74) is 16.6. The molecule has 44 heavy (non-hydrogen) atoms. The van der Waals surface area contributed by atoms with E-state index in [2.05, 4.69) is 63.1 Å². The number of nitrogens with two attached hydrogens (primary N) is 2. The third-order valence-electron chi connectivity index (χ3n) is 6.21. The summed E-state index contributed by atoms with van der Waals surface area (Å²) in [7, 11) is 3.18. The number of para-hydroxylation sites is 2. The molecule has 218 valence electrons. The largest absolute Gasteiger partial charge is 0.368 e. The average Bonchev–Trinajstić information content (AvgIpc) is 3.01. The van der Waals surface area contributed by atoms with E-state index in [0.29, 0.717) is 23.5 Å². The van der Waals surface area contributed by atoms with E-state index in [1.807, 2.05) is 104 Å². The van der Waals surface area contributed by atoms with Gasteiger partial charge in [-0.1, -0.05) is 87.8 Å². The predicted molar refractivity (Wildman–Crippen MR) is 188 cm³/mol. The fraction of sp³-hybridized carbons (Fsp3) is 0.0323. The second kappa shape index (κ2) is 13.4. The molecule has 0 unspecified atom stereocenters. The molecule has 0 bridgehead atoms. The molecule has 0 aliphatic rings. The second-order valence-electron chi connectivity index (χ2n) is 9.46. The van der Waals surface area contributed by atoms with Gasteiger partial charge in [-0.15, -0.1) is 0 Å². The summed E-state index contributed by atoms with van der Waals surface area (Å²) in [6.07, 6.45) is 0. The van der Waals surface area contributed by atoms with Gasteiger partial charge >= 0.3 is 0 Å². The number of nitrogens with zero attached hydrogens (tertiary/aromatic N) is 6. The number of hydrogen-bond donors (Lipinski definition) is 4. The minimum atomic E-state index is 0.139. The number of aryl methyl sites for hydroxylation is 1. The van der Waals surface area contributed by atoms with Crippen LogP contribution in [0.4, 0.5) is 35.2 Å². The zero-order chi connectivity index (χ0) is 30.5. The minimum Gasteiger partial charge on any atom is -0.368 e. The van der Waals surface area contributed by atoms with E-state index >= 15 is 0 Å². The highest BCUT2D eigenvalue weighted by atomic mass is 127. The summed E-state index contributed by atoms with van der Waals surface area (Å²) in [4.78, 5) is 28.5. The molecule has 13 heteroatoms. The molecule has 10 nitrogen and oxygen atoms in total. The lowest BCUT2D eigenvalue weighted by Crippen LogP contribution is -2.05. The van der Waals surface area contributed by atoms with Gasteiger partial charge in [-0.25, -0.2) is 0 Å². The lowest BCUT2D eigenvalue weighted by molar-refractivity contribution is 1.07. The lowest BCUT2D eigenvalue weighted by Gasteiger charge is -2.13. The number of anilines is 6. The molecule has 0 aliphatic heterocycles. The molecule has 6 aromatic rings. The molecule has 6 rings (SSSR count). The Labute approximate surface area is 275 Å². The van der Waals surface area contributed by atoms with Gasteiger partial charge in [0.15, 0.2) is 11.6 Å². The van der Waals surface area contributed by atoms with E-state index < -0.39 is 0 Å². The van der Waals surface area contributed by atoms with Crippen LogP contribution in [0.15, 0.2) is 107 Å². The summed E-state index contributed by atoms with van der Waals surface area (Å²) >= 11 is 2.26. The van der Waals surface area contributed by atoms with E-state index in [-0.39, 0.29) is 11.9 Å². The first-order valence-electron chi connectivity index (χ1n) is 13.3. The molecule has 6 N–H and O–H groups in total. The van der Waals surface area contributed by atoms with Crippen molar-refractivity contribution >= 4 is 79.3 Å². The third kappa shape index (κ3) is 7.35. The summed E-state index contributed by atoms with van der Waals surface area (Å²) < 4.78 is 1.12. The topological polar surface area (TPSA) is 153 Å². The minimum absolute atomic E-state index is 0.139. The van der Waals surface area contributed by atoms with Crippen molar-refractivity contribution in [2.75, 3.05) is 22.1 Å². The third-order valence-corrected chi connectivity index (χ3v) is 9.41. The van der Waals surface area contributed by atoms with Crippen molar-refractivity contribution in [3.63, 3.8) is 0 Å².